The van der Waals surface area contributed by atoms with Gasteiger partial charge >= 0.3 is 0 Å². The minimum absolute atomic E-state index is 0.665. The zero-order valence-electron chi connectivity index (χ0n) is 25.2. The zero-order chi connectivity index (χ0) is 30.9. The molecule has 46 heavy (non-hydrogen) atoms. The Balaban J connectivity index is 1.50. The Hall–Kier alpha value is -5.95. The van der Waals surface area contributed by atoms with Crippen LogP contribution in [-0.2, 0) is 0 Å². The SMILES string of the molecule is N#Cc1ccc2c(c1)c1ccc([Si](c3ccccc3)(c3ccccc3)c3cccc(-c4ccccc4)c3)cc1n2-c1ccccc1. The Morgan fingerprint density at radius 1 is 0.413 bits per heavy atom. The molecule has 8 aromatic rings. The van der Waals surface area contributed by atoms with E-state index in [4.69, 9.17) is 0 Å². The first-order chi connectivity index (χ1) is 22.8. The topological polar surface area (TPSA) is 28.7 Å². The maximum absolute atomic E-state index is 9.78. The first-order valence-electron chi connectivity index (χ1n) is 15.6. The molecule has 8 rings (SSSR count). The average molecular weight is 603 g/mol. The zero-order valence-corrected chi connectivity index (χ0v) is 26.2. The van der Waals surface area contributed by atoms with Crippen molar-refractivity contribution in [3.05, 3.63) is 188 Å². The van der Waals surface area contributed by atoms with Crippen molar-refractivity contribution in [1.82, 2.24) is 4.57 Å². The lowest BCUT2D eigenvalue weighted by Gasteiger charge is -2.35. The fourth-order valence-electron chi connectivity index (χ4n) is 7.12. The van der Waals surface area contributed by atoms with Crippen molar-refractivity contribution >= 4 is 50.6 Å². The number of aromatic nitrogens is 1. The molecule has 7 aromatic carbocycles. The molecular weight excluding hydrogens is 573 g/mol. The second kappa shape index (κ2) is 11.5. The maximum atomic E-state index is 9.78. The molecule has 1 heterocycles. The third kappa shape index (κ3) is 4.47. The lowest BCUT2D eigenvalue weighted by molar-refractivity contribution is 1.18. The monoisotopic (exact) mass is 602 g/mol. The number of fused-ring (bicyclic) bond motifs is 3. The standard InChI is InChI=1S/C43H30N2Si/c44-31-32-24-27-42-41(28-32)40-26-25-39(30-43(40)45(42)35-17-7-2-8-18-35)46(36-19-9-3-10-20-36,37-21-11-4-12-22-37)38-23-13-16-34(29-38)33-14-5-1-6-15-33/h1-30H. The maximum Gasteiger partial charge on any atom is 0.179 e. The van der Waals surface area contributed by atoms with Crippen LogP contribution in [0.25, 0.3) is 38.6 Å². The molecule has 0 amide bonds. The Kier molecular flexibility index (Phi) is 6.91. The quantitative estimate of drug-likeness (QED) is 0.142. The molecule has 3 heteroatoms. The fourth-order valence-corrected chi connectivity index (χ4v) is 11.9. The molecule has 0 spiro atoms. The molecule has 216 valence electrons. The van der Waals surface area contributed by atoms with E-state index in [2.05, 4.69) is 180 Å². The fraction of sp³-hybridized carbons (Fsp3) is 0. The van der Waals surface area contributed by atoms with Gasteiger partial charge in [0.05, 0.1) is 22.7 Å². The first-order valence-corrected chi connectivity index (χ1v) is 17.6. The molecule has 0 radical (unpaired) electrons. The molecule has 0 aliphatic rings. The van der Waals surface area contributed by atoms with Crippen LogP contribution >= 0.6 is 0 Å². The third-order valence-electron chi connectivity index (χ3n) is 9.16. The van der Waals surface area contributed by atoms with Gasteiger partial charge < -0.3 is 4.57 Å². The van der Waals surface area contributed by atoms with E-state index < -0.39 is 8.07 Å². The van der Waals surface area contributed by atoms with E-state index in [0.717, 1.165) is 27.5 Å². The first kappa shape index (κ1) is 27.6. The highest BCUT2D eigenvalue weighted by atomic mass is 28.3. The van der Waals surface area contributed by atoms with Gasteiger partial charge in [-0.25, -0.2) is 0 Å². The molecule has 2 nitrogen and oxygen atoms in total. The second-order valence-electron chi connectivity index (χ2n) is 11.7. The Labute approximate surface area is 270 Å². The van der Waals surface area contributed by atoms with Crippen molar-refractivity contribution in [2.45, 2.75) is 0 Å². The highest BCUT2D eigenvalue weighted by molar-refractivity contribution is 7.20. The molecule has 0 saturated heterocycles. The summed E-state index contributed by atoms with van der Waals surface area (Å²) in [4.78, 5) is 0. The predicted molar refractivity (Wildman–Crippen MR) is 195 cm³/mol. The second-order valence-corrected chi connectivity index (χ2v) is 15.5. The van der Waals surface area contributed by atoms with Crippen LogP contribution < -0.4 is 20.7 Å². The van der Waals surface area contributed by atoms with Crippen molar-refractivity contribution in [2.75, 3.05) is 0 Å². The van der Waals surface area contributed by atoms with Crippen molar-refractivity contribution in [3.63, 3.8) is 0 Å². The van der Waals surface area contributed by atoms with E-state index in [1.54, 1.807) is 0 Å². The van der Waals surface area contributed by atoms with Crippen molar-refractivity contribution in [3.8, 4) is 22.9 Å². The van der Waals surface area contributed by atoms with E-state index in [1.165, 1.54) is 31.9 Å². The molecule has 0 aliphatic carbocycles. The molecule has 0 bridgehead atoms. The number of rotatable bonds is 6. The number of benzene rings is 7. The molecule has 0 unspecified atom stereocenters. The van der Waals surface area contributed by atoms with Crippen molar-refractivity contribution < 1.29 is 0 Å². The molecule has 1 aromatic heterocycles. The van der Waals surface area contributed by atoms with E-state index in [9.17, 15) is 5.26 Å². The minimum atomic E-state index is -2.84. The highest BCUT2D eigenvalue weighted by Crippen LogP contribution is 2.33. The van der Waals surface area contributed by atoms with Gasteiger partial charge in [-0.05, 0) is 68.3 Å². The number of nitriles is 1. The number of nitrogens with zero attached hydrogens (tertiary/aromatic N) is 2. The van der Waals surface area contributed by atoms with Crippen LogP contribution in [0.15, 0.2) is 182 Å². The smallest absolute Gasteiger partial charge is 0.179 e. The highest BCUT2D eigenvalue weighted by Gasteiger charge is 2.42. The Morgan fingerprint density at radius 3 is 1.63 bits per heavy atom. The van der Waals surface area contributed by atoms with Gasteiger partial charge in [0.25, 0.3) is 0 Å². The molecule has 0 aliphatic heterocycles. The normalized spacial score (nSPS) is 11.5. The summed E-state index contributed by atoms with van der Waals surface area (Å²) in [5, 5.41) is 17.3. The summed E-state index contributed by atoms with van der Waals surface area (Å²) in [6.07, 6.45) is 0. The van der Waals surface area contributed by atoms with E-state index in [-0.39, 0.29) is 0 Å². The number of para-hydroxylation sites is 1. The van der Waals surface area contributed by atoms with Crippen LogP contribution in [0.3, 0.4) is 0 Å². The van der Waals surface area contributed by atoms with Gasteiger partial charge in [-0.3, -0.25) is 0 Å². The summed E-state index contributed by atoms with van der Waals surface area (Å²) in [7, 11) is -2.84. The van der Waals surface area contributed by atoms with Gasteiger partial charge in [-0.15, -0.1) is 0 Å². The van der Waals surface area contributed by atoms with Crippen molar-refractivity contribution in [2.24, 2.45) is 0 Å². The lowest BCUT2D eigenvalue weighted by Crippen LogP contribution is -2.74. The molecule has 0 atom stereocenters. The molecule has 0 fully saturated rings. The van der Waals surface area contributed by atoms with Crippen LogP contribution in [0.4, 0.5) is 0 Å². The van der Waals surface area contributed by atoms with Crippen LogP contribution in [-0.4, -0.2) is 12.6 Å². The van der Waals surface area contributed by atoms with Crippen LogP contribution in [0.5, 0.6) is 0 Å². The largest absolute Gasteiger partial charge is 0.309 e. The number of hydrogen-bond donors (Lipinski definition) is 0. The summed E-state index contributed by atoms with van der Waals surface area (Å²) in [5.74, 6) is 0. The summed E-state index contributed by atoms with van der Waals surface area (Å²) < 4.78 is 2.35. The van der Waals surface area contributed by atoms with E-state index in [0.29, 0.717) is 5.56 Å². The van der Waals surface area contributed by atoms with Crippen LogP contribution in [0, 0.1) is 11.3 Å². The van der Waals surface area contributed by atoms with E-state index in [1.807, 2.05) is 12.1 Å². The minimum Gasteiger partial charge on any atom is -0.309 e. The van der Waals surface area contributed by atoms with Gasteiger partial charge in [-0.1, -0.05) is 146 Å². The van der Waals surface area contributed by atoms with Crippen molar-refractivity contribution in [1.29, 1.82) is 5.26 Å². The van der Waals surface area contributed by atoms with Crippen LogP contribution in [0.1, 0.15) is 5.56 Å². The molecule has 0 saturated carbocycles. The van der Waals surface area contributed by atoms with Gasteiger partial charge in [-0.2, -0.15) is 5.26 Å². The lowest BCUT2D eigenvalue weighted by atomic mass is 10.1. The van der Waals surface area contributed by atoms with E-state index >= 15 is 0 Å². The van der Waals surface area contributed by atoms with Gasteiger partial charge in [0.2, 0.25) is 0 Å². The summed E-state index contributed by atoms with van der Waals surface area (Å²) >= 11 is 0. The Bertz CT molecular complexity index is 2310. The van der Waals surface area contributed by atoms with Gasteiger partial charge in [0.15, 0.2) is 8.07 Å². The summed E-state index contributed by atoms with van der Waals surface area (Å²) in [5.41, 5.74) is 6.42. The summed E-state index contributed by atoms with van der Waals surface area (Å²) in [6.45, 7) is 0. The molecular formula is C43H30N2Si. The van der Waals surface area contributed by atoms with Crippen LogP contribution in [0.2, 0.25) is 0 Å². The van der Waals surface area contributed by atoms with Gasteiger partial charge in [0, 0.05) is 16.5 Å². The number of hydrogen-bond acceptors (Lipinski definition) is 1. The van der Waals surface area contributed by atoms with Gasteiger partial charge in [0.1, 0.15) is 0 Å². The Morgan fingerprint density at radius 2 is 0.978 bits per heavy atom. The molecule has 0 N–H and O–H groups in total. The predicted octanol–water partition coefficient (Wildman–Crippen LogP) is 7.70. The summed E-state index contributed by atoms with van der Waals surface area (Å²) in [6, 6.07) is 68.0. The third-order valence-corrected chi connectivity index (χ3v) is 13.9. The average Bonchev–Trinajstić information content (AvgIpc) is 3.47.